The van der Waals surface area contributed by atoms with E-state index in [4.69, 9.17) is 14.2 Å². The Bertz CT molecular complexity index is 728. The standard InChI is InChI=1S/C19H19BrO4/c1-4-24-19-17(22-2)10-13(11-18(19)23-3)8-9-16(21)14-6-5-7-15(20)12-14/h5-12H,4H2,1-3H3. The van der Waals surface area contributed by atoms with Crippen LogP contribution in [-0.2, 0) is 0 Å². The first kappa shape index (κ1) is 18.1. The molecule has 2 aromatic carbocycles. The van der Waals surface area contributed by atoms with E-state index in [9.17, 15) is 4.79 Å². The highest BCUT2D eigenvalue weighted by molar-refractivity contribution is 9.10. The molecule has 0 saturated heterocycles. The molecule has 0 aliphatic heterocycles. The molecule has 0 bridgehead atoms. The van der Waals surface area contributed by atoms with Crippen molar-refractivity contribution < 1.29 is 19.0 Å². The third kappa shape index (κ3) is 4.38. The average Bonchev–Trinajstić information content (AvgIpc) is 2.60. The summed E-state index contributed by atoms with van der Waals surface area (Å²) in [5.74, 6) is 1.59. The number of hydrogen-bond acceptors (Lipinski definition) is 4. The summed E-state index contributed by atoms with van der Waals surface area (Å²) in [6, 6.07) is 10.9. The number of allylic oxidation sites excluding steroid dienone is 1. The zero-order valence-corrected chi connectivity index (χ0v) is 15.4. The van der Waals surface area contributed by atoms with Gasteiger partial charge in [-0.2, -0.15) is 0 Å². The Balaban J connectivity index is 2.30. The molecular formula is C19H19BrO4. The molecule has 0 atom stereocenters. The summed E-state index contributed by atoms with van der Waals surface area (Å²) in [5.41, 5.74) is 1.40. The van der Waals surface area contributed by atoms with Gasteiger partial charge in [-0.3, -0.25) is 4.79 Å². The maximum absolute atomic E-state index is 12.3. The van der Waals surface area contributed by atoms with E-state index in [0.29, 0.717) is 29.4 Å². The van der Waals surface area contributed by atoms with E-state index in [1.165, 1.54) is 6.08 Å². The minimum atomic E-state index is -0.0804. The molecule has 24 heavy (non-hydrogen) atoms. The van der Waals surface area contributed by atoms with Crippen molar-refractivity contribution >= 4 is 27.8 Å². The van der Waals surface area contributed by atoms with Crippen molar-refractivity contribution in [1.82, 2.24) is 0 Å². The highest BCUT2D eigenvalue weighted by atomic mass is 79.9. The van der Waals surface area contributed by atoms with Crippen molar-refractivity contribution in [1.29, 1.82) is 0 Å². The van der Waals surface area contributed by atoms with Crippen LogP contribution in [-0.4, -0.2) is 26.6 Å². The smallest absolute Gasteiger partial charge is 0.203 e. The molecule has 4 nitrogen and oxygen atoms in total. The fraction of sp³-hybridized carbons (Fsp3) is 0.211. The molecular weight excluding hydrogens is 372 g/mol. The van der Waals surface area contributed by atoms with Gasteiger partial charge >= 0.3 is 0 Å². The van der Waals surface area contributed by atoms with E-state index >= 15 is 0 Å². The highest BCUT2D eigenvalue weighted by Gasteiger charge is 2.13. The van der Waals surface area contributed by atoms with Crippen molar-refractivity contribution in [2.45, 2.75) is 6.92 Å². The summed E-state index contributed by atoms with van der Waals surface area (Å²) < 4.78 is 17.1. The maximum Gasteiger partial charge on any atom is 0.203 e. The van der Waals surface area contributed by atoms with Gasteiger partial charge in [-0.15, -0.1) is 0 Å². The van der Waals surface area contributed by atoms with Gasteiger partial charge < -0.3 is 14.2 Å². The minimum absolute atomic E-state index is 0.0804. The largest absolute Gasteiger partial charge is 0.493 e. The zero-order chi connectivity index (χ0) is 17.5. The predicted octanol–water partition coefficient (Wildman–Crippen LogP) is 4.76. The second-order valence-electron chi connectivity index (χ2n) is 4.90. The molecule has 0 saturated carbocycles. The Labute approximate surface area is 150 Å². The van der Waals surface area contributed by atoms with Gasteiger partial charge in [0.1, 0.15) is 0 Å². The van der Waals surface area contributed by atoms with Gasteiger partial charge in [-0.05, 0) is 42.8 Å². The SMILES string of the molecule is CCOc1c(OC)cc(C=CC(=O)c2cccc(Br)c2)cc1OC. The van der Waals surface area contributed by atoms with Crippen LogP contribution in [0.4, 0.5) is 0 Å². The van der Waals surface area contributed by atoms with Gasteiger partial charge in [0, 0.05) is 10.0 Å². The molecule has 0 aromatic heterocycles. The Kier molecular flexibility index (Phi) is 6.44. The van der Waals surface area contributed by atoms with E-state index < -0.39 is 0 Å². The summed E-state index contributed by atoms with van der Waals surface area (Å²) >= 11 is 3.36. The molecule has 0 aliphatic carbocycles. The van der Waals surface area contributed by atoms with Crippen LogP contribution in [0.15, 0.2) is 46.9 Å². The van der Waals surface area contributed by atoms with Crippen LogP contribution in [0.5, 0.6) is 17.2 Å². The van der Waals surface area contributed by atoms with E-state index in [0.717, 1.165) is 10.0 Å². The molecule has 5 heteroatoms. The molecule has 0 fully saturated rings. The van der Waals surface area contributed by atoms with E-state index in [2.05, 4.69) is 15.9 Å². The average molecular weight is 391 g/mol. The number of ether oxygens (including phenoxy) is 3. The fourth-order valence-corrected chi connectivity index (χ4v) is 2.59. The van der Waals surface area contributed by atoms with Gasteiger partial charge in [-0.1, -0.05) is 34.1 Å². The summed E-state index contributed by atoms with van der Waals surface area (Å²) in [5, 5.41) is 0. The molecule has 2 aromatic rings. The number of ketones is 1. The number of hydrogen-bond donors (Lipinski definition) is 0. The summed E-state index contributed by atoms with van der Waals surface area (Å²) in [6.45, 7) is 2.40. The first-order valence-electron chi connectivity index (χ1n) is 7.45. The molecule has 0 N–H and O–H groups in total. The Hall–Kier alpha value is -2.27. The first-order chi connectivity index (χ1) is 11.6. The van der Waals surface area contributed by atoms with Crippen LogP contribution in [0, 0.1) is 0 Å². The molecule has 0 heterocycles. The zero-order valence-electron chi connectivity index (χ0n) is 13.8. The van der Waals surface area contributed by atoms with Crippen LogP contribution >= 0.6 is 15.9 Å². The molecule has 126 valence electrons. The molecule has 0 amide bonds. The summed E-state index contributed by atoms with van der Waals surface area (Å²) in [7, 11) is 3.13. The lowest BCUT2D eigenvalue weighted by molar-refractivity contribution is 0.104. The normalized spacial score (nSPS) is 10.7. The molecule has 0 spiro atoms. The third-order valence-electron chi connectivity index (χ3n) is 3.31. The van der Waals surface area contributed by atoms with Crippen LogP contribution in [0.1, 0.15) is 22.8 Å². The maximum atomic E-state index is 12.3. The van der Waals surface area contributed by atoms with Crippen LogP contribution < -0.4 is 14.2 Å². The monoisotopic (exact) mass is 390 g/mol. The lowest BCUT2D eigenvalue weighted by Gasteiger charge is -2.14. The van der Waals surface area contributed by atoms with E-state index in [1.807, 2.05) is 19.1 Å². The van der Waals surface area contributed by atoms with E-state index in [1.54, 1.807) is 44.6 Å². The third-order valence-corrected chi connectivity index (χ3v) is 3.80. The Morgan fingerprint density at radius 2 is 1.79 bits per heavy atom. The van der Waals surface area contributed by atoms with Gasteiger partial charge in [0.05, 0.1) is 20.8 Å². The second-order valence-corrected chi connectivity index (χ2v) is 5.81. The number of benzene rings is 2. The molecule has 0 aliphatic rings. The molecule has 2 rings (SSSR count). The molecule has 0 radical (unpaired) electrons. The van der Waals surface area contributed by atoms with Crippen molar-refractivity contribution in [3.8, 4) is 17.2 Å². The summed E-state index contributed by atoms with van der Waals surface area (Å²) in [6.07, 6.45) is 3.25. The van der Waals surface area contributed by atoms with Gasteiger partial charge in [0.15, 0.2) is 17.3 Å². The first-order valence-corrected chi connectivity index (χ1v) is 8.25. The van der Waals surface area contributed by atoms with Crippen molar-refractivity contribution in [3.63, 3.8) is 0 Å². The van der Waals surface area contributed by atoms with E-state index in [-0.39, 0.29) is 5.78 Å². The van der Waals surface area contributed by atoms with Crippen molar-refractivity contribution in [3.05, 3.63) is 58.1 Å². The quantitative estimate of drug-likeness (QED) is 0.504. The van der Waals surface area contributed by atoms with Gasteiger partial charge in [-0.25, -0.2) is 0 Å². The van der Waals surface area contributed by atoms with Crippen LogP contribution in [0.25, 0.3) is 6.08 Å². The number of rotatable bonds is 7. The molecule has 0 unspecified atom stereocenters. The highest BCUT2D eigenvalue weighted by Crippen LogP contribution is 2.38. The Morgan fingerprint density at radius 3 is 2.33 bits per heavy atom. The van der Waals surface area contributed by atoms with Gasteiger partial charge in [0.2, 0.25) is 5.75 Å². The number of methoxy groups -OCH3 is 2. The van der Waals surface area contributed by atoms with Crippen molar-refractivity contribution in [2.24, 2.45) is 0 Å². The minimum Gasteiger partial charge on any atom is -0.493 e. The lowest BCUT2D eigenvalue weighted by atomic mass is 10.1. The predicted molar refractivity (Wildman–Crippen MR) is 98.2 cm³/mol. The lowest BCUT2D eigenvalue weighted by Crippen LogP contribution is -1.99. The van der Waals surface area contributed by atoms with Crippen LogP contribution in [0.2, 0.25) is 0 Å². The number of carbonyl (C=O) groups is 1. The van der Waals surface area contributed by atoms with Gasteiger partial charge in [0.25, 0.3) is 0 Å². The number of halogens is 1. The number of carbonyl (C=O) groups excluding carboxylic acids is 1. The van der Waals surface area contributed by atoms with Crippen molar-refractivity contribution in [2.75, 3.05) is 20.8 Å². The second kappa shape index (κ2) is 8.55. The Morgan fingerprint density at radius 1 is 1.12 bits per heavy atom. The fourth-order valence-electron chi connectivity index (χ4n) is 2.19. The topological polar surface area (TPSA) is 44.8 Å². The summed E-state index contributed by atoms with van der Waals surface area (Å²) in [4.78, 5) is 12.3. The van der Waals surface area contributed by atoms with Crippen LogP contribution in [0.3, 0.4) is 0 Å².